The number of carbonyl (C=O) groups excluding carboxylic acids is 1. The van der Waals surface area contributed by atoms with Crippen molar-refractivity contribution in [3.63, 3.8) is 0 Å². The molecule has 0 bridgehead atoms. The smallest absolute Gasteiger partial charge is 0.257 e. The second kappa shape index (κ2) is 5.68. The number of anilines is 1. The Hall–Kier alpha value is -2.17. The molecule has 104 valence electrons. The Morgan fingerprint density at radius 3 is 2.71 bits per heavy atom. The van der Waals surface area contributed by atoms with Crippen LogP contribution in [0.5, 0.6) is 0 Å². The first-order valence-corrected chi connectivity index (χ1v) is 6.86. The van der Waals surface area contributed by atoms with Gasteiger partial charge in [0.25, 0.3) is 5.91 Å². The van der Waals surface area contributed by atoms with Crippen LogP contribution in [0.15, 0.2) is 48.8 Å². The third-order valence-corrected chi connectivity index (χ3v) is 3.42. The monoisotopic (exact) mass is 317 g/mol. The van der Waals surface area contributed by atoms with Gasteiger partial charge < -0.3 is 5.32 Å². The maximum Gasteiger partial charge on any atom is 0.257 e. The van der Waals surface area contributed by atoms with Gasteiger partial charge in [-0.15, -0.1) is 0 Å². The number of rotatable bonds is 2. The first-order valence-electron chi connectivity index (χ1n) is 6.11. The minimum absolute atomic E-state index is 0.209. The Morgan fingerprint density at radius 1 is 1.05 bits per heavy atom. The van der Waals surface area contributed by atoms with Crippen LogP contribution in [0.4, 0.5) is 5.69 Å². The molecule has 0 atom stereocenters. The van der Waals surface area contributed by atoms with E-state index in [1.54, 1.807) is 6.20 Å². The van der Waals surface area contributed by atoms with Crippen molar-refractivity contribution < 1.29 is 4.79 Å². The summed E-state index contributed by atoms with van der Waals surface area (Å²) in [5.41, 5.74) is 1.72. The minimum Gasteiger partial charge on any atom is -0.321 e. The number of aromatic nitrogens is 2. The number of hydrogen-bond acceptors (Lipinski definition) is 3. The predicted octanol–water partition coefficient (Wildman–Crippen LogP) is 4.19. The lowest BCUT2D eigenvalue weighted by Gasteiger charge is -2.07. The third kappa shape index (κ3) is 2.96. The summed E-state index contributed by atoms with van der Waals surface area (Å²) >= 11 is 11.7. The SMILES string of the molecule is O=C(Nc1cnc2ccccc2c1)c1cc(Cl)ncc1Cl. The molecular weight excluding hydrogens is 309 g/mol. The molecule has 21 heavy (non-hydrogen) atoms. The Bertz CT molecular complexity index is 836. The quantitative estimate of drug-likeness (QED) is 0.721. The van der Waals surface area contributed by atoms with Crippen molar-refractivity contribution in [3.05, 3.63) is 64.5 Å². The van der Waals surface area contributed by atoms with Crippen LogP contribution >= 0.6 is 23.2 Å². The van der Waals surface area contributed by atoms with Gasteiger partial charge in [0.05, 0.1) is 28.0 Å². The van der Waals surface area contributed by atoms with Gasteiger partial charge in [0.1, 0.15) is 5.15 Å². The van der Waals surface area contributed by atoms with E-state index >= 15 is 0 Å². The molecule has 2 heterocycles. The van der Waals surface area contributed by atoms with Crippen LogP contribution in [0.1, 0.15) is 10.4 Å². The normalized spacial score (nSPS) is 10.6. The fraction of sp³-hybridized carbons (Fsp3) is 0. The molecule has 6 heteroatoms. The summed E-state index contributed by atoms with van der Waals surface area (Å²) in [7, 11) is 0. The van der Waals surface area contributed by atoms with E-state index in [2.05, 4.69) is 15.3 Å². The Kier molecular flexibility index (Phi) is 3.73. The van der Waals surface area contributed by atoms with Crippen LogP contribution in [0.25, 0.3) is 10.9 Å². The number of pyridine rings is 2. The molecule has 0 saturated carbocycles. The largest absolute Gasteiger partial charge is 0.321 e. The van der Waals surface area contributed by atoms with Gasteiger partial charge in [-0.2, -0.15) is 0 Å². The highest BCUT2D eigenvalue weighted by Crippen LogP contribution is 2.21. The Labute approximate surface area is 130 Å². The van der Waals surface area contributed by atoms with Crippen LogP contribution in [0, 0.1) is 0 Å². The van der Waals surface area contributed by atoms with Crippen molar-refractivity contribution in [2.45, 2.75) is 0 Å². The zero-order valence-corrected chi connectivity index (χ0v) is 12.2. The van der Waals surface area contributed by atoms with Gasteiger partial charge in [-0.1, -0.05) is 41.4 Å². The first kappa shape index (κ1) is 13.8. The molecule has 3 rings (SSSR count). The van der Waals surface area contributed by atoms with Crippen LogP contribution in [0.2, 0.25) is 10.2 Å². The van der Waals surface area contributed by atoms with Crippen LogP contribution in [-0.2, 0) is 0 Å². The lowest BCUT2D eigenvalue weighted by molar-refractivity contribution is 0.102. The first-order chi connectivity index (χ1) is 10.1. The topological polar surface area (TPSA) is 54.9 Å². The van der Waals surface area contributed by atoms with Gasteiger partial charge in [0.2, 0.25) is 0 Å². The van der Waals surface area contributed by atoms with Crippen molar-refractivity contribution in [2.75, 3.05) is 5.32 Å². The highest BCUT2D eigenvalue weighted by molar-refractivity contribution is 6.35. The molecule has 0 aliphatic rings. The molecule has 0 aliphatic carbocycles. The molecule has 0 saturated heterocycles. The highest BCUT2D eigenvalue weighted by Gasteiger charge is 2.12. The predicted molar refractivity (Wildman–Crippen MR) is 84.0 cm³/mol. The summed E-state index contributed by atoms with van der Waals surface area (Å²) in [5.74, 6) is -0.360. The minimum atomic E-state index is -0.360. The van der Waals surface area contributed by atoms with Gasteiger partial charge in [-0.3, -0.25) is 9.78 Å². The third-order valence-electron chi connectivity index (χ3n) is 2.91. The van der Waals surface area contributed by atoms with Gasteiger partial charge >= 0.3 is 0 Å². The zero-order valence-electron chi connectivity index (χ0n) is 10.7. The van der Waals surface area contributed by atoms with Crippen molar-refractivity contribution in [1.29, 1.82) is 0 Å². The van der Waals surface area contributed by atoms with Crippen LogP contribution in [-0.4, -0.2) is 15.9 Å². The number of nitrogens with one attached hydrogen (secondary N) is 1. The molecule has 4 nitrogen and oxygen atoms in total. The van der Waals surface area contributed by atoms with Crippen molar-refractivity contribution in [1.82, 2.24) is 9.97 Å². The molecular formula is C15H9Cl2N3O. The van der Waals surface area contributed by atoms with E-state index in [-0.39, 0.29) is 21.6 Å². The van der Waals surface area contributed by atoms with Crippen molar-refractivity contribution >= 4 is 45.7 Å². The van der Waals surface area contributed by atoms with Crippen molar-refractivity contribution in [2.24, 2.45) is 0 Å². The van der Waals surface area contributed by atoms with Crippen LogP contribution in [0.3, 0.4) is 0 Å². The van der Waals surface area contributed by atoms with E-state index in [0.29, 0.717) is 5.69 Å². The number of para-hydroxylation sites is 1. The molecule has 1 N–H and O–H groups in total. The summed E-state index contributed by atoms with van der Waals surface area (Å²) < 4.78 is 0. The average Bonchev–Trinajstić information content (AvgIpc) is 2.49. The van der Waals surface area contributed by atoms with E-state index in [1.807, 2.05) is 30.3 Å². The number of amides is 1. The molecule has 0 aliphatic heterocycles. The lowest BCUT2D eigenvalue weighted by atomic mass is 10.2. The lowest BCUT2D eigenvalue weighted by Crippen LogP contribution is -2.13. The highest BCUT2D eigenvalue weighted by atomic mass is 35.5. The van der Waals surface area contributed by atoms with E-state index in [1.165, 1.54) is 12.3 Å². The fourth-order valence-electron chi connectivity index (χ4n) is 1.93. The van der Waals surface area contributed by atoms with Gasteiger partial charge in [0.15, 0.2) is 0 Å². The number of nitrogens with zero attached hydrogens (tertiary/aromatic N) is 2. The van der Waals surface area contributed by atoms with Crippen molar-refractivity contribution in [3.8, 4) is 0 Å². The summed E-state index contributed by atoms with van der Waals surface area (Å²) in [6.07, 6.45) is 2.94. The average molecular weight is 318 g/mol. The Balaban J connectivity index is 1.90. The second-order valence-electron chi connectivity index (χ2n) is 4.36. The molecule has 0 radical (unpaired) electrons. The van der Waals surface area contributed by atoms with E-state index in [9.17, 15) is 4.79 Å². The zero-order chi connectivity index (χ0) is 14.8. The molecule has 2 aromatic heterocycles. The van der Waals surface area contributed by atoms with Crippen LogP contribution < -0.4 is 5.32 Å². The second-order valence-corrected chi connectivity index (χ2v) is 5.15. The van der Waals surface area contributed by atoms with E-state index in [0.717, 1.165) is 10.9 Å². The molecule has 0 unspecified atom stereocenters. The number of carbonyl (C=O) groups is 1. The number of hydrogen-bond donors (Lipinski definition) is 1. The summed E-state index contributed by atoms with van der Waals surface area (Å²) in [6, 6.07) is 10.9. The van der Waals surface area contributed by atoms with Gasteiger partial charge in [-0.05, 0) is 18.2 Å². The standard InChI is InChI=1S/C15H9Cl2N3O/c16-12-8-19-14(17)6-11(12)15(21)20-10-5-9-3-1-2-4-13(9)18-7-10/h1-8H,(H,20,21). The molecule has 3 aromatic rings. The number of fused-ring (bicyclic) bond motifs is 1. The fourth-order valence-corrected chi connectivity index (χ4v) is 2.27. The maximum absolute atomic E-state index is 12.2. The summed E-state index contributed by atoms with van der Waals surface area (Å²) in [5, 5.41) is 4.14. The molecule has 0 spiro atoms. The van der Waals surface area contributed by atoms with E-state index < -0.39 is 0 Å². The Morgan fingerprint density at radius 2 is 1.86 bits per heavy atom. The number of benzene rings is 1. The van der Waals surface area contributed by atoms with Gasteiger partial charge in [0, 0.05) is 11.6 Å². The van der Waals surface area contributed by atoms with E-state index in [4.69, 9.17) is 23.2 Å². The maximum atomic E-state index is 12.2. The number of halogens is 2. The summed E-state index contributed by atoms with van der Waals surface area (Å²) in [6.45, 7) is 0. The summed E-state index contributed by atoms with van der Waals surface area (Å²) in [4.78, 5) is 20.3. The molecule has 0 fully saturated rings. The molecule has 1 aromatic carbocycles. The molecule has 1 amide bonds. The van der Waals surface area contributed by atoms with Gasteiger partial charge in [-0.25, -0.2) is 4.98 Å².